The van der Waals surface area contributed by atoms with Crippen molar-refractivity contribution in [1.82, 2.24) is 4.98 Å². The Labute approximate surface area is 112 Å². The van der Waals surface area contributed by atoms with Crippen LogP contribution in [0.5, 0.6) is 0 Å². The van der Waals surface area contributed by atoms with Crippen LogP contribution in [0, 0.1) is 27.4 Å². The quantitative estimate of drug-likeness (QED) is 0.463. The number of nitriles is 1. The van der Waals surface area contributed by atoms with Gasteiger partial charge in [-0.05, 0) is 12.3 Å². The molecule has 6 heteroatoms. The van der Waals surface area contributed by atoms with E-state index in [0.29, 0.717) is 18.3 Å². The summed E-state index contributed by atoms with van der Waals surface area (Å²) >= 11 is 0. The first-order valence-electron chi connectivity index (χ1n) is 6.33. The van der Waals surface area contributed by atoms with Gasteiger partial charge in [0, 0.05) is 12.6 Å². The van der Waals surface area contributed by atoms with Crippen molar-refractivity contribution in [3.63, 3.8) is 0 Å². The Morgan fingerprint density at radius 3 is 2.84 bits per heavy atom. The van der Waals surface area contributed by atoms with Crippen molar-refractivity contribution in [2.75, 3.05) is 11.9 Å². The molecular formula is C13H18N4O2. The van der Waals surface area contributed by atoms with Crippen LogP contribution in [0.25, 0.3) is 0 Å². The number of anilines is 1. The summed E-state index contributed by atoms with van der Waals surface area (Å²) in [6.45, 7) is 5.07. The SMILES string of the molecule is CC(C)CCCCNc1ncc([N+](=O)[O-])cc1C#N. The second kappa shape index (κ2) is 7.31. The van der Waals surface area contributed by atoms with Crippen LogP contribution in [0.15, 0.2) is 12.3 Å². The van der Waals surface area contributed by atoms with Crippen molar-refractivity contribution < 1.29 is 4.92 Å². The first kappa shape index (κ1) is 14.9. The molecule has 0 aromatic carbocycles. The fourth-order valence-corrected chi connectivity index (χ4v) is 1.66. The molecule has 1 aromatic rings. The zero-order valence-electron chi connectivity index (χ0n) is 11.2. The first-order valence-corrected chi connectivity index (χ1v) is 6.33. The second-order valence-corrected chi connectivity index (χ2v) is 4.78. The lowest BCUT2D eigenvalue weighted by molar-refractivity contribution is -0.385. The van der Waals surface area contributed by atoms with E-state index in [1.165, 1.54) is 12.5 Å². The third-order valence-corrected chi connectivity index (χ3v) is 2.71. The molecule has 0 radical (unpaired) electrons. The Morgan fingerprint density at radius 2 is 2.26 bits per heavy atom. The minimum atomic E-state index is -0.555. The van der Waals surface area contributed by atoms with Gasteiger partial charge in [0.15, 0.2) is 0 Å². The summed E-state index contributed by atoms with van der Waals surface area (Å²) in [6.07, 6.45) is 4.43. The molecule has 0 aliphatic carbocycles. The summed E-state index contributed by atoms with van der Waals surface area (Å²) in [4.78, 5) is 14.0. The lowest BCUT2D eigenvalue weighted by Crippen LogP contribution is -2.06. The average molecular weight is 262 g/mol. The number of hydrogen-bond acceptors (Lipinski definition) is 5. The van der Waals surface area contributed by atoms with Crippen LogP contribution in [0.2, 0.25) is 0 Å². The van der Waals surface area contributed by atoms with Crippen LogP contribution < -0.4 is 5.32 Å². The third kappa shape index (κ3) is 4.92. The summed E-state index contributed by atoms with van der Waals surface area (Å²) in [6, 6.07) is 3.16. The lowest BCUT2D eigenvalue weighted by atomic mass is 10.1. The van der Waals surface area contributed by atoms with Gasteiger partial charge >= 0.3 is 0 Å². The summed E-state index contributed by atoms with van der Waals surface area (Å²) in [5.41, 5.74) is 0.0416. The van der Waals surface area contributed by atoms with Gasteiger partial charge < -0.3 is 5.32 Å². The van der Waals surface area contributed by atoms with E-state index in [-0.39, 0.29) is 11.3 Å². The number of rotatable bonds is 7. The van der Waals surface area contributed by atoms with E-state index in [9.17, 15) is 10.1 Å². The van der Waals surface area contributed by atoms with E-state index in [4.69, 9.17) is 5.26 Å². The number of hydrogen-bond donors (Lipinski definition) is 1. The van der Waals surface area contributed by atoms with Crippen molar-refractivity contribution in [1.29, 1.82) is 5.26 Å². The van der Waals surface area contributed by atoms with Crippen molar-refractivity contribution in [3.8, 4) is 6.07 Å². The first-order chi connectivity index (χ1) is 9.04. The smallest absolute Gasteiger partial charge is 0.289 e. The molecule has 0 aliphatic rings. The molecule has 1 aromatic heterocycles. The molecule has 0 amide bonds. The van der Waals surface area contributed by atoms with Crippen molar-refractivity contribution in [3.05, 3.63) is 27.9 Å². The van der Waals surface area contributed by atoms with Crippen LogP contribution in [-0.2, 0) is 0 Å². The molecule has 102 valence electrons. The highest BCUT2D eigenvalue weighted by molar-refractivity contribution is 5.55. The van der Waals surface area contributed by atoms with E-state index in [1.807, 2.05) is 6.07 Å². The Morgan fingerprint density at radius 1 is 1.53 bits per heavy atom. The Kier molecular flexibility index (Phi) is 5.73. The zero-order valence-corrected chi connectivity index (χ0v) is 11.2. The second-order valence-electron chi connectivity index (χ2n) is 4.78. The maximum atomic E-state index is 10.6. The molecular weight excluding hydrogens is 244 g/mol. The molecule has 19 heavy (non-hydrogen) atoms. The van der Waals surface area contributed by atoms with Gasteiger partial charge in [0.05, 0.1) is 4.92 Å². The standard InChI is InChI=1S/C13H18N4O2/c1-10(2)5-3-4-6-15-13-11(8-14)7-12(9-16-13)17(18)19/h7,9-10H,3-6H2,1-2H3,(H,15,16). The summed E-state index contributed by atoms with van der Waals surface area (Å²) in [5.74, 6) is 1.10. The largest absolute Gasteiger partial charge is 0.369 e. The predicted octanol–water partition coefficient (Wildman–Crippen LogP) is 3.10. The summed E-state index contributed by atoms with van der Waals surface area (Å²) in [7, 11) is 0. The summed E-state index contributed by atoms with van der Waals surface area (Å²) < 4.78 is 0. The van der Waals surface area contributed by atoms with E-state index in [0.717, 1.165) is 19.0 Å². The maximum absolute atomic E-state index is 10.6. The number of nitrogens with one attached hydrogen (secondary N) is 1. The topological polar surface area (TPSA) is 91.8 Å². The van der Waals surface area contributed by atoms with Gasteiger partial charge in [0.25, 0.3) is 5.69 Å². The fraction of sp³-hybridized carbons (Fsp3) is 0.538. The molecule has 0 saturated carbocycles. The van der Waals surface area contributed by atoms with Gasteiger partial charge in [-0.15, -0.1) is 0 Å². The fourth-order valence-electron chi connectivity index (χ4n) is 1.66. The highest BCUT2D eigenvalue weighted by Gasteiger charge is 2.11. The van der Waals surface area contributed by atoms with Gasteiger partial charge in [-0.2, -0.15) is 5.26 Å². The molecule has 0 aliphatic heterocycles. The molecule has 1 rings (SSSR count). The average Bonchev–Trinajstić information content (AvgIpc) is 2.37. The Bertz CT molecular complexity index is 480. The minimum Gasteiger partial charge on any atom is -0.369 e. The van der Waals surface area contributed by atoms with Crippen LogP contribution in [-0.4, -0.2) is 16.5 Å². The van der Waals surface area contributed by atoms with Crippen LogP contribution in [0.3, 0.4) is 0 Å². The number of nitro groups is 1. The maximum Gasteiger partial charge on any atom is 0.289 e. The van der Waals surface area contributed by atoms with Crippen LogP contribution >= 0.6 is 0 Å². The highest BCUT2D eigenvalue weighted by Crippen LogP contribution is 2.18. The van der Waals surface area contributed by atoms with Crippen molar-refractivity contribution in [2.45, 2.75) is 33.1 Å². The minimum absolute atomic E-state index is 0.165. The van der Waals surface area contributed by atoms with E-state index < -0.39 is 4.92 Å². The van der Waals surface area contributed by atoms with Gasteiger partial charge in [-0.3, -0.25) is 10.1 Å². The van der Waals surface area contributed by atoms with Gasteiger partial charge in [-0.25, -0.2) is 4.98 Å². The van der Waals surface area contributed by atoms with E-state index >= 15 is 0 Å². The number of aromatic nitrogens is 1. The van der Waals surface area contributed by atoms with E-state index in [1.54, 1.807) is 0 Å². The normalized spacial score (nSPS) is 10.2. The molecule has 1 N–H and O–H groups in total. The van der Waals surface area contributed by atoms with Crippen LogP contribution in [0.1, 0.15) is 38.7 Å². The third-order valence-electron chi connectivity index (χ3n) is 2.71. The van der Waals surface area contributed by atoms with Gasteiger partial charge in [-0.1, -0.05) is 26.7 Å². The molecule has 0 spiro atoms. The number of unbranched alkanes of at least 4 members (excludes halogenated alkanes) is 1. The van der Waals surface area contributed by atoms with Gasteiger partial charge in [0.2, 0.25) is 0 Å². The predicted molar refractivity (Wildman–Crippen MR) is 72.8 cm³/mol. The van der Waals surface area contributed by atoms with Crippen molar-refractivity contribution >= 4 is 11.5 Å². The number of nitrogens with zero attached hydrogens (tertiary/aromatic N) is 3. The molecule has 0 unspecified atom stereocenters. The molecule has 1 heterocycles. The zero-order chi connectivity index (χ0) is 14.3. The number of pyridine rings is 1. The van der Waals surface area contributed by atoms with Gasteiger partial charge in [0.1, 0.15) is 23.6 Å². The Hall–Kier alpha value is -2.16. The Balaban J connectivity index is 2.54. The van der Waals surface area contributed by atoms with Crippen LogP contribution in [0.4, 0.5) is 11.5 Å². The molecule has 0 fully saturated rings. The molecule has 0 bridgehead atoms. The molecule has 0 atom stereocenters. The summed E-state index contributed by atoms with van der Waals surface area (Å²) in [5, 5.41) is 22.6. The monoisotopic (exact) mass is 262 g/mol. The molecule has 0 saturated heterocycles. The highest BCUT2D eigenvalue weighted by atomic mass is 16.6. The molecule has 6 nitrogen and oxygen atoms in total. The lowest BCUT2D eigenvalue weighted by Gasteiger charge is -2.07. The van der Waals surface area contributed by atoms with E-state index in [2.05, 4.69) is 24.1 Å². The van der Waals surface area contributed by atoms with Crippen molar-refractivity contribution in [2.24, 2.45) is 5.92 Å².